The van der Waals surface area contributed by atoms with Crippen molar-refractivity contribution in [3.63, 3.8) is 0 Å². The maximum atomic E-state index is 13.1. The number of aromatic nitrogens is 5. The van der Waals surface area contributed by atoms with Crippen molar-refractivity contribution in [2.45, 2.75) is 39.7 Å². The SMILES string of the molecule is Cc1nn(C)c2[nH]c(=O)c(CCC(=O)NC(C)c3nc(-c4ccc(F)cc4)no3)c(C)c12. The average molecular weight is 438 g/mol. The molecule has 0 bridgehead atoms. The van der Waals surface area contributed by atoms with Crippen molar-refractivity contribution in [1.82, 2.24) is 30.2 Å². The Kier molecular flexibility index (Phi) is 5.60. The number of rotatable bonds is 6. The highest BCUT2D eigenvalue weighted by Crippen LogP contribution is 2.22. The molecule has 0 aliphatic rings. The summed E-state index contributed by atoms with van der Waals surface area (Å²) in [5, 5.41) is 11.9. The largest absolute Gasteiger partial charge is 0.345 e. The molecule has 2 N–H and O–H groups in total. The van der Waals surface area contributed by atoms with Gasteiger partial charge in [-0.1, -0.05) is 5.16 Å². The second-order valence-electron chi connectivity index (χ2n) is 7.74. The summed E-state index contributed by atoms with van der Waals surface area (Å²) >= 11 is 0. The van der Waals surface area contributed by atoms with E-state index in [1.165, 1.54) is 12.1 Å². The molecule has 166 valence electrons. The first-order chi connectivity index (χ1) is 15.2. The lowest BCUT2D eigenvalue weighted by Gasteiger charge is -2.11. The van der Waals surface area contributed by atoms with Gasteiger partial charge >= 0.3 is 0 Å². The van der Waals surface area contributed by atoms with Crippen LogP contribution < -0.4 is 10.9 Å². The summed E-state index contributed by atoms with van der Waals surface area (Å²) in [6.07, 6.45) is 0.409. The zero-order valence-corrected chi connectivity index (χ0v) is 18.2. The molecule has 3 heterocycles. The number of aryl methyl sites for hydroxylation is 3. The smallest absolute Gasteiger partial charge is 0.253 e. The van der Waals surface area contributed by atoms with Crippen molar-refractivity contribution in [3.8, 4) is 11.4 Å². The molecule has 0 aliphatic heterocycles. The van der Waals surface area contributed by atoms with Gasteiger partial charge in [0, 0.05) is 30.0 Å². The summed E-state index contributed by atoms with van der Waals surface area (Å²) in [7, 11) is 1.78. The van der Waals surface area contributed by atoms with Crippen LogP contribution in [0.2, 0.25) is 0 Å². The Labute approximate surface area is 182 Å². The van der Waals surface area contributed by atoms with Crippen LogP contribution >= 0.6 is 0 Å². The van der Waals surface area contributed by atoms with Crippen molar-refractivity contribution in [2.24, 2.45) is 7.05 Å². The molecule has 0 saturated heterocycles. The van der Waals surface area contributed by atoms with Crippen LogP contribution in [0, 0.1) is 19.7 Å². The van der Waals surface area contributed by atoms with E-state index >= 15 is 0 Å². The molecule has 1 aromatic carbocycles. The van der Waals surface area contributed by atoms with E-state index in [0.29, 0.717) is 22.6 Å². The van der Waals surface area contributed by atoms with E-state index in [2.05, 4.69) is 25.5 Å². The summed E-state index contributed by atoms with van der Waals surface area (Å²) in [5.74, 6) is -0.0617. The lowest BCUT2D eigenvalue weighted by Crippen LogP contribution is -2.28. The first-order valence-corrected chi connectivity index (χ1v) is 10.2. The number of halogens is 1. The van der Waals surface area contributed by atoms with Crippen LogP contribution in [0.3, 0.4) is 0 Å². The fourth-order valence-electron chi connectivity index (χ4n) is 3.80. The summed E-state index contributed by atoms with van der Waals surface area (Å²) in [6, 6.07) is 5.20. The van der Waals surface area contributed by atoms with Gasteiger partial charge in [-0.05, 0) is 57.0 Å². The van der Waals surface area contributed by atoms with Gasteiger partial charge < -0.3 is 14.8 Å². The van der Waals surface area contributed by atoms with Crippen molar-refractivity contribution in [1.29, 1.82) is 0 Å². The van der Waals surface area contributed by atoms with Gasteiger partial charge in [-0.15, -0.1) is 0 Å². The van der Waals surface area contributed by atoms with Gasteiger partial charge in [0.2, 0.25) is 17.6 Å². The van der Waals surface area contributed by atoms with Crippen LogP contribution in [0.15, 0.2) is 33.6 Å². The number of aromatic amines is 1. The number of benzene rings is 1. The fraction of sp³-hybridized carbons (Fsp3) is 0.318. The Morgan fingerprint density at radius 2 is 2.00 bits per heavy atom. The van der Waals surface area contributed by atoms with E-state index in [9.17, 15) is 14.0 Å². The van der Waals surface area contributed by atoms with E-state index in [1.807, 2.05) is 13.8 Å². The molecular formula is C22H23FN6O3. The Hall–Kier alpha value is -3.82. The van der Waals surface area contributed by atoms with Gasteiger partial charge in [-0.3, -0.25) is 14.3 Å². The third-order valence-electron chi connectivity index (χ3n) is 5.45. The molecule has 0 spiro atoms. The van der Waals surface area contributed by atoms with Crippen molar-refractivity contribution < 1.29 is 13.7 Å². The molecule has 0 saturated carbocycles. The number of nitrogens with zero attached hydrogens (tertiary/aromatic N) is 4. The standard InChI is InChI=1S/C22H23FN6O3/c1-11-16(21(31)26-20-18(11)12(2)27-29(20)4)9-10-17(30)24-13(3)22-25-19(28-32-22)14-5-7-15(23)8-6-14/h5-8,13H,9-10H2,1-4H3,(H,24,30)(H,26,31). The number of hydrogen-bond donors (Lipinski definition) is 2. The molecule has 32 heavy (non-hydrogen) atoms. The monoisotopic (exact) mass is 438 g/mol. The summed E-state index contributed by atoms with van der Waals surface area (Å²) < 4.78 is 20.0. The quantitative estimate of drug-likeness (QED) is 0.478. The van der Waals surface area contributed by atoms with Gasteiger partial charge in [0.1, 0.15) is 17.5 Å². The first kappa shape index (κ1) is 21.4. The molecule has 1 atom stereocenters. The van der Waals surface area contributed by atoms with Crippen molar-refractivity contribution >= 4 is 16.9 Å². The normalized spacial score (nSPS) is 12.3. The maximum Gasteiger partial charge on any atom is 0.253 e. The summed E-state index contributed by atoms with van der Waals surface area (Å²) in [5.41, 5.74) is 3.27. The van der Waals surface area contributed by atoms with Crippen LogP contribution in [0.4, 0.5) is 4.39 Å². The van der Waals surface area contributed by atoms with Gasteiger partial charge in [-0.25, -0.2) is 4.39 Å². The molecule has 9 nitrogen and oxygen atoms in total. The highest BCUT2D eigenvalue weighted by molar-refractivity contribution is 5.83. The number of fused-ring (bicyclic) bond motifs is 1. The van der Waals surface area contributed by atoms with Crippen LogP contribution in [0.1, 0.15) is 42.1 Å². The fourth-order valence-corrected chi connectivity index (χ4v) is 3.80. The third-order valence-corrected chi connectivity index (χ3v) is 5.45. The van der Waals surface area contributed by atoms with E-state index in [-0.39, 0.29) is 36.0 Å². The van der Waals surface area contributed by atoms with E-state index in [4.69, 9.17) is 4.52 Å². The van der Waals surface area contributed by atoms with E-state index in [0.717, 1.165) is 16.6 Å². The molecule has 10 heteroatoms. The van der Waals surface area contributed by atoms with Crippen LogP contribution in [0.5, 0.6) is 0 Å². The van der Waals surface area contributed by atoms with Crippen molar-refractivity contribution in [3.05, 3.63) is 63.1 Å². The minimum atomic E-state index is -0.522. The van der Waals surface area contributed by atoms with Gasteiger partial charge in [0.05, 0.1) is 5.69 Å². The Bertz CT molecular complexity index is 1350. The van der Waals surface area contributed by atoms with Gasteiger partial charge in [0.15, 0.2) is 0 Å². The number of carbonyl (C=O) groups excluding carboxylic acids is 1. The first-order valence-electron chi connectivity index (χ1n) is 10.2. The molecule has 1 amide bonds. The van der Waals surface area contributed by atoms with Gasteiger partial charge in [0.25, 0.3) is 5.56 Å². The molecule has 4 aromatic rings. The Morgan fingerprint density at radius 1 is 1.28 bits per heavy atom. The third kappa shape index (κ3) is 4.03. The van der Waals surface area contributed by atoms with Crippen LogP contribution in [-0.4, -0.2) is 30.8 Å². The number of hydrogen-bond acceptors (Lipinski definition) is 6. The molecule has 0 radical (unpaired) electrons. The second kappa shape index (κ2) is 8.37. The zero-order valence-electron chi connectivity index (χ0n) is 18.2. The number of H-pyrrole nitrogens is 1. The summed E-state index contributed by atoms with van der Waals surface area (Å²) in [6.45, 7) is 5.48. The van der Waals surface area contributed by atoms with Gasteiger partial charge in [-0.2, -0.15) is 10.1 Å². The minimum absolute atomic E-state index is 0.123. The maximum absolute atomic E-state index is 13.1. The highest BCUT2D eigenvalue weighted by Gasteiger charge is 2.19. The topological polar surface area (TPSA) is 119 Å². The second-order valence-corrected chi connectivity index (χ2v) is 7.74. The zero-order chi connectivity index (χ0) is 23.0. The van der Waals surface area contributed by atoms with E-state index < -0.39 is 6.04 Å². The predicted octanol–water partition coefficient (Wildman–Crippen LogP) is 2.88. The molecule has 0 aliphatic carbocycles. The Balaban J connectivity index is 1.43. The molecule has 3 aromatic heterocycles. The average Bonchev–Trinajstić information content (AvgIpc) is 3.33. The lowest BCUT2D eigenvalue weighted by molar-refractivity contribution is -0.121. The summed E-state index contributed by atoms with van der Waals surface area (Å²) in [4.78, 5) is 32.2. The molecule has 4 rings (SSSR count). The lowest BCUT2D eigenvalue weighted by atomic mass is 10.0. The van der Waals surface area contributed by atoms with Crippen molar-refractivity contribution in [2.75, 3.05) is 0 Å². The van der Waals surface area contributed by atoms with E-state index in [1.54, 1.807) is 30.8 Å². The molecular weight excluding hydrogens is 415 g/mol. The number of pyridine rings is 1. The number of amides is 1. The molecule has 0 fully saturated rings. The predicted molar refractivity (Wildman–Crippen MR) is 115 cm³/mol. The Morgan fingerprint density at radius 3 is 2.72 bits per heavy atom. The van der Waals surface area contributed by atoms with Crippen LogP contribution in [0.25, 0.3) is 22.4 Å². The number of carbonyl (C=O) groups is 1. The van der Waals surface area contributed by atoms with Crippen LogP contribution in [-0.2, 0) is 18.3 Å². The molecule has 1 unspecified atom stereocenters. The minimum Gasteiger partial charge on any atom is -0.345 e. The highest BCUT2D eigenvalue weighted by atomic mass is 19.1. The number of nitrogens with one attached hydrogen (secondary N) is 2.